The van der Waals surface area contributed by atoms with Gasteiger partial charge in [0.25, 0.3) is 0 Å². The lowest BCUT2D eigenvalue weighted by Crippen LogP contribution is -2.44. The number of rotatable bonds is 5. The molecular weight excluding hydrogens is 202 g/mol. The molecular formula is C12H25N3O. The summed E-state index contributed by atoms with van der Waals surface area (Å²) < 4.78 is 0. The molecule has 1 aliphatic rings. The van der Waals surface area contributed by atoms with Gasteiger partial charge in [0.15, 0.2) is 0 Å². The summed E-state index contributed by atoms with van der Waals surface area (Å²) in [4.78, 5) is 16.1. The first kappa shape index (κ1) is 13.5. The minimum absolute atomic E-state index is 0.0223. The largest absolute Gasteiger partial charge is 0.324 e. The summed E-state index contributed by atoms with van der Waals surface area (Å²) in [5.41, 5.74) is 0. The zero-order valence-corrected chi connectivity index (χ0v) is 11.2. The monoisotopic (exact) mass is 227 g/mol. The smallest absolute Gasteiger partial charge is 0.240 e. The van der Waals surface area contributed by atoms with E-state index in [4.69, 9.17) is 0 Å². The Balaban J connectivity index is 2.63. The lowest BCUT2D eigenvalue weighted by molar-refractivity contribution is -0.130. The van der Waals surface area contributed by atoms with Gasteiger partial charge < -0.3 is 9.80 Å². The predicted octanol–water partition coefficient (Wildman–Crippen LogP) is 0.883. The third kappa shape index (κ3) is 2.95. The van der Waals surface area contributed by atoms with Crippen molar-refractivity contribution in [3.05, 3.63) is 0 Å². The molecule has 3 unspecified atom stereocenters. The van der Waals surface area contributed by atoms with Gasteiger partial charge in [0, 0.05) is 12.6 Å². The summed E-state index contributed by atoms with van der Waals surface area (Å²) in [5.74, 6) is 0.243. The molecule has 0 aromatic carbocycles. The molecule has 16 heavy (non-hydrogen) atoms. The van der Waals surface area contributed by atoms with Crippen LogP contribution < -0.4 is 5.32 Å². The Hall–Kier alpha value is -0.610. The third-order valence-electron chi connectivity index (χ3n) is 3.38. The number of nitrogens with one attached hydrogen (secondary N) is 1. The van der Waals surface area contributed by atoms with Gasteiger partial charge in [-0.05, 0) is 34.4 Å². The molecule has 1 amide bonds. The maximum Gasteiger partial charge on any atom is 0.240 e. The van der Waals surface area contributed by atoms with Crippen LogP contribution in [0.3, 0.4) is 0 Å². The van der Waals surface area contributed by atoms with Crippen LogP contribution in [0.15, 0.2) is 0 Å². The third-order valence-corrected chi connectivity index (χ3v) is 3.38. The van der Waals surface area contributed by atoms with Crippen molar-refractivity contribution in [3.8, 4) is 0 Å². The average molecular weight is 227 g/mol. The van der Waals surface area contributed by atoms with E-state index in [2.05, 4.69) is 38.2 Å². The first-order valence-electron chi connectivity index (χ1n) is 6.20. The van der Waals surface area contributed by atoms with Crippen LogP contribution in [0, 0.1) is 0 Å². The van der Waals surface area contributed by atoms with Crippen LogP contribution >= 0.6 is 0 Å². The van der Waals surface area contributed by atoms with Crippen LogP contribution in [0.25, 0.3) is 0 Å². The Morgan fingerprint density at radius 2 is 2.12 bits per heavy atom. The molecule has 1 heterocycles. The molecule has 1 rings (SSSR count). The highest BCUT2D eigenvalue weighted by Gasteiger charge is 2.36. The summed E-state index contributed by atoms with van der Waals surface area (Å²) >= 11 is 0. The van der Waals surface area contributed by atoms with Gasteiger partial charge in [-0.2, -0.15) is 0 Å². The van der Waals surface area contributed by atoms with Crippen LogP contribution in [-0.2, 0) is 4.79 Å². The summed E-state index contributed by atoms with van der Waals surface area (Å²) in [7, 11) is 4.10. The molecule has 94 valence electrons. The number of hydrogen-bond acceptors (Lipinski definition) is 3. The maximum atomic E-state index is 12.0. The van der Waals surface area contributed by atoms with Crippen LogP contribution in [0.1, 0.15) is 33.6 Å². The summed E-state index contributed by atoms with van der Waals surface area (Å²) in [5, 5.41) is 3.36. The number of carbonyl (C=O) groups excluding carboxylic acids is 1. The Kier molecular flexibility index (Phi) is 4.74. The Labute approximate surface area is 99.0 Å². The zero-order valence-electron chi connectivity index (χ0n) is 11.2. The fourth-order valence-electron chi connectivity index (χ4n) is 2.03. The van der Waals surface area contributed by atoms with Gasteiger partial charge in [0.2, 0.25) is 5.91 Å². The molecule has 4 heteroatoms. The van der Waals surface area contributed by atoms with Crippen molar-refractivity contribution in [2.24, 2.45) is 0 Å². The van der Waals surface area contributed by atoms with Gasteiger partial charge >= 0.3 is 0 Å². The molecule has 1 N–H and O–H groups in total. The van der Waals surface area contributed by atoms with E-state index in [1.165, 1.54) is 0 Å². The lowest BCUT2D eigenvalue weighted by Gasteiger charge is -2.29. The number of amides is 1. The molecule has 1 saturated heterocycles. The number of carbonyl (C=O) groups is 1. The summed E-state index contributed by atoms with van der Waals surface area (Å²) in [6.07, 6.45) is 2.37. The molecule has 0 aromatic rings. The molecule has 0 radical (unpaired) electrons. The Morgan fingerprint density at radius 3 is 2.62 bits per heavy atom. The summed E-state index contributed by atoms with van der Waals surface area (Å²) in [6.45, 7) is 7.07. The second kappa shape index (κ2) is 5.64. The van der Waals surface area contributed by atoms with E-state index in [1.54, 1.807) is 0 Å². The molecule has 3 atom stereocenters. The van der Waals surface area contributed by atoms with E-state index in [9.17, 15) is 4.79 Å². The molecule has 1 aliphatic heterocycles. The average Bonchev–Trinajstić information content (AvgIpc) is 2.46. The van der Waals surface area contributed by atoms with Crippen molar-refractivity contribution < 1.29 is 4.79 Å². The van der Waals surface area contributed by atoms with Crippen molar-refractivity contribution >= 4 is 5.91 Å². The molecule has 4 nitrogen and oxygen atoms in total. The van der Waals surface area contributed by atoms with Crippen LogP contribution in [0.5, 0.6) is 0 Å². The van der Waals surface area contributed by atoms with E-state index in [-0.39, 0.29) is 18.1 Å². The lowest BCUT2D eigenvalue weighted by atomic mass is 10.2. The molecule has 0 spiro atoms. The molecule has 0 aliphatic carbocycles. The van der Waals surface area contributed by atoms with Crippen molar-refractivity contribution in [1.29, 1.82) is 0 Å². The van der Waals surface area contributed by atoms with E-state index in [0.29, 0.717) is 6.04 Å². The molecule has 0 bridgehead atoms. The van der Waals surface area contributed by atoms with Gasteiger partial charge in [0.1, 0.15) is 0 Å². The van der Waals surface area contributed by atoms with Gasteiger partial charge in [-0.1, -0.05) is 13.3 Å². The number of likely N-dealkylation sites (N-methyl/N-ethyl adjacent to an activating group) is 1. The highest BCUT2D eigenvalue weighted by atomic mass is 16.2. The fraction of sp³-hybridized carbons (Fsp3) is 0.917. The molecule has 1 fully saturated rings. The minimum atomic E-state index is -0.0223. The second-order valence-electron chi connectivity index (χ2n) is 5.00. The van der Waals surface area contributed by atoms with Crippen molar-refractivity contribution in [1.82, 2.24) is 15.1 Å². The van der Waals surface area contributed by atoms with E-state index in [1.807, 2.05) is 11.8 Å². The van der Waals surface area contributed by atoms with E-state index >= 15 is 0 Å². The normalized spacial score (nSPS) is 27.9. The van der Waals surface area contributed by atoms with Crippen molar-refractivity contribution in [2.75, 3.05) is 20.6 Å². The SMILES string of the molecule is CCCC1NC(C)C(=O)N1CC(C)N(C)C. The number of nitrogens with zero attached hydrogens (tertiary/aromatic N) is 2. The maximum absolute atomic E-state index is 12.0. The second-order valence-corrected chi connectivity index (χ2v) is 5.00. The zero-order chi connectivity index (χ0) is 12.3. The standard InChI is InChI=1S/C12H25N3O/c1-6-7-11-13-10(3)12(16)15(11)8-9(2)14(4)5/h9-11,13H,6-8H2,1-5H3. The molecule has 0 aromatic heterocycles. The van der Waals surface area contributed by atoms with Crippen LogP contribution in [0.4, 0.5) is 0 Å². The van der Waals surface area contributed by atoms with Gasteiger partial charge in [-0.15, -0.1) is 0 Å². The highest BCUT2D eigenvalue weighted by molar-refractivity contribution is 5.83. The fourth-order valence-corrected chi connectivity index (χ4v) is 2.03. The van der Waals surface area contributed by atoms with Gasteiger partial charge in [-0.3, -0.25) is 10.1 Å². The summed E-state index contributed by atoms with van der Waals surface area (Å²) in [6, 6.07) is 0.376. The quantitative estimate of drug-likeness (QED) is 0.757. The Bertz CT molecular complexity index is 242. The van der Waals surface area contributed by atoms with Gasteiger partial charge in [0.05, 0.1) is 12.2 Å². The van der Waals surface area contributed by atoms with Crippen LogP contribution in [0.2, 0.25) is 0 Å². The van der Waals surface area contributed by atoms with Crippen LogP contribution in [-0.4, -0.2) is 54.6 Å². The topological polar surface area (TPSA) is 35.6 Å². The van der Waals surface area contributed by atoms with Crippen molar-refractivity contribution in [2.45, 2.75) is 51.9 Å². The minimum Gasteiger partial charge on any atom is -0.324 e. The Morgan fingerprint density at radius 1 is 1.50 bits per heavy atom. The van der Waals surface area contributed by atoms with Crippen molar-refractivity contribution in [3.63, 3.8) is 0 Å². The number of hydrogen-bond donors (Lipinski definition) is 1. The highest BCUT2D eigenvalue weighted by Crippen LogP contribution is 2.16. The van der Waals surface area contributed by atoms with Gasteiger partial charge in [-0.25, -0.2) is 0 Å². The molecule has 0 saturated carbocycles. The van der Waals surface area contributed by atoms with E-state index < -0.39 is 0 Å². The predicted molar refractivity (Wildman–Crippen MR) is 66.2 cm³/mol. The van der Waals surface area contributed by atoms with E-state index in [0.717, 1.165) is 19.4 Å². The first-order valence-corrected chi connectivity index (χ1v) is 6.20. The first-order chi connectivity index (χ1) is 7.47.